The Kier molecular flexibility index (Phi) is 11.2. The molecule has 1 heterocycles. The fraction of sp³-hybridized carbons (Fsp3) is 1.00. The summed E-state index contributed by atoms with van der Waals surface area (Å²) in [6.07, 6.45) is 0. The first-order valence-electron chi connectivity index (χ1n) is 5.12. The molecule has 0 aromatic carbocycles. The fourth-order valence-corrected chi connectivity index (χ4v) is 1.36. The van der Waals surface area contributed by atoms with E-state index < -0.39 is 13.0 Å². The average molecular weight is 381 g/mol. The number of hydrogen-bond acceptors (Lipinski definition) is 3. The number of halogens is 3. The minimum absolute atomic E-state index is 1.20. The summed E-state index contributed by atoms with van der Waals surface area (Å²) in [5, 5.41) is 0. The van der Waals surface area contributed by atoms with Crippen LogP contribution in [0.1, 0.15) is 0 Å². The Hall–Kier alpha value is 1.37. The van der Waals surface area contributed by atoms with Crippen molar-refractivity contribution in [2.24, 2.45) is 0 Å². The molecule has 0 N–H and O–H groups in total. The first-order chi connectivity index (χ1) is 7.41. The Morgan fingerprint density at radius 2 is 0.750 bits per heavy atom. The van der Waals surface area contributed by atoms with Crippen LogP contribution in [0.5, 0.6) is 0 Å². The van der Waals surface area contributed by atoms with E-state index in [1.807, 2.05) is 0 Å². The molecule has 102 valence electrons. The van der Waals surface area contributed by atoms with Gasteiger partial charge in [-0.25, -0.2) is 0 Å². The van der Waals surface area contributed by atoms with Gasteiger partial charge in [0.1, 0.15) is 0 Å². The molecule has 1 fully saturated rings. The monoisotopic (exact) mass is 379 g/mol. The molecule has 16 heavy (non-hydrogen) atoms. The predicted molar refractivity (Wildman–Crippen MR) is 70.1 cm³/mol. The van der Waals surface area contributed by atoms with E-state index in [1.54, 1.807) is 0 Å². The summed E-state index contributed by atoms with van der Waals surface area (Å²) in [6.45, 7) is 7.19. The van der Waals surface area contributed by atoms with Crippen molar-refractivity contribution in [1.29, 1.82) is 0 Å². The van der Waals surface area contributed by atoms with Gasteiger partial charge in [-0.15, -0.1) is 0 Å². The van der Waals surface area contributed by atoms with Crippen LogP contribution in [-0.4, -0.2) is 75.1 Å². The second kappa shape index (κ2) is 10.3. The summed E-state index contributed by atoms with van der Waals surface area (Å²) in [5.74, 6) is 0. The molecule has 7 heteroatoms. The van der Waals surface area contributed by atoms with E-state index in [0.29, 0.717) is 0 Å². The van der Waals surface area contributed by atoms with Crippen LogP contribution < -0.4 is 0 Å². The molecule has 0 saturated carbocycles. The molecule has 0 aliphatic carbocycles. The third-order valence-electron chi connectivity index (χ3n) is 2.59. The molecular weight excluding hydrogens is 359 g/mol. The van der Waals surface area contributed by atoms with Gasteiger partial charge < -0.3 is 14.7 Å². The van der Waals surface area contributed by atoms with Crippen molar-refractivity contribution in [3.05, 3.63) is 0 Å². The maximum atomic E-state index is 4.94. The fourth-order valence-electron chi connectivity index (χ4n) is 1.36. The average Bonchev–Trinajstić information content (AvgIpc) is 2.24. The molecule has 0 spiro atoms. The predicted octanol–water partition coefficient (Wildman–Crippen LogP) is 1.86. The van der Waals surface area contributed by atoms with Crippen LogP contribution in [0.4, 0.5) is 0 Å². The number of hydrogen-bond donors (Lipinski definition) is 0. The zero-order valence-corrected chi connectivity index (χ0v) is 14.0. The van der Waals surface area contributed by atoms with Gasteiger partial charge in [0.25, 0.3) is 0 Å². The van der Waals surface area contributed by atoms with Crippen molar-refractivity contribution in [3.63, 3.8) is 0 Å². The molecule has 0 amide bonds. The van der Waals surface area contributed by atoms with Gasteiger partial charge >= 0.3 is 42.1 Å². The van der Waals surface area contributed by atoms with Crippen LogP contribution >= 0.6 is 29.1 Å². The topological polar surface area (TPSA) is 9.72 Å². The van der Waals surface area contributed by atoms with E-state index >= 15 is 0 Å². The molecule has 1 aliphatic rings. The molecular formula is C9H21Cl3N3Rh. The van der Waals surface area contributed by atoms with Crippen LogP contribution in [0.25, 0.3) is 0 Å². The standard InChI is InChI=1S/C9H21N3.3ClH.Rh/c1-10-4-6-11(2)8-9-12(3)7-5-10;;;;/h4-9H2,1-3H3;3*1H;/q;;;;+3/p-3. The van der Waals surface area contributed by atoms with Gasteiger partial charge in [0, 0.05) is 39.3 Å². The van der Waals surface area contributed by atoms with Crippen molar-refractivity contribution >= 4 is 29.1 Å². The summed E-state index contributed by atoms with van der Waals surface area (Å²) >= 11 is -1.66. The second-order valence-electron chi connectivity index (χ2n) is 4.05. The van der Waals surface area contributed by atoms with E-state index in [9.17, 15) is 0 Å². The van der Waals surface area contributed by atoms with Gasteiger partial charge in [0.05, 0.1) is 0 Å². The molecule has 1 rings (SSSR count). The SMILES string of the molecule is CN1CCN(C)CCN(C)CC1.[Cl][Rh]([Cl])[Cl]. The third-order valence-corrected chi connectivity index (χ3v) is 2.59. The third kappa shape index (κ3) is 11.8. The zero-order valence-electron chi connectivity index (χ0n) is 10.1. The van der Waals surface area contributed by atoms with Crippen LogP contribution in [0.3, 0.4) is 0 Å². The van der Waals surface area contributed by atoms with Crippen LogP contribution in [0.2, 0.25) is 0 Å². The zero-order chi connectivity index (χ0) is 12.6. The van der Waals surface area contributed by atoms with Crippen molar-refractivity contribution in [2.75, 3.05) is 60.4 Å². The summed E-state index contributed by atoms with van der Waals surface area (Å²) in [7, 11) is 21.4. The van der Waals surface area contributed by atoms with Crippen LogP contribution in [-0.2, 0) is 13.0 Å². The number of nitrogens with zero attached hydrogens (tertiary/aromatic N) is 3. The van der Waals surface area contributed by atoms with Gasteiger partial charge in [-0.05, 0) is 21.1 Å². The van der Waals surface area contributed by atoms with Gasteiger partial charge in [0.2, 0.25) is 0 Å². The number of likely N-dealkylation sites (N-methyl/N-ethyl adjacent to an activating group) is 3. The van der Waals surface area contributed by atoms with E-state index in [0.717, 1.165) is 0 Å². The minimum atomic E-state index is -1.66. The summed E-state index contributed by atoms with van der Waals surface area (Å²) in [5.41, 5.74) is 0. The van der Waals surface area contributed by atoms with Crippen molar-refractivity contribution in [3.8, 4) is 0 Å². The molecule has 0 radical (unpaired) electrons. The second-order valence-corrected chi connectivity index (χ2v) is 11.5. The molecule has 3 nitrogen and oxygen atoms in total. The molecule has 0 unspecified atom stereocenters. The molecule has 0 atom stereocenters. The Bertz CT molecular complexity index is 136. The van der Waals surface area contributed by atoms with Gasteiger partial charge in [-0.1, -0.05) is 0 Å². The Morgan fingerprint density at radius 3 is 0.875 bits per heavy atom. The summed E-state index contributed by atoms with van der Waals surface area (Å²) in [4.78, 5) is 7.20. The first kappa shape index (κ1) is 17.4. The van der Waals surface area contributed by atoms with E-state index in [2.05, 4.69) is 35.8 Å². The molecule has 0 aromatic heterocycles. The molecule has 1 aliphatic heterocycles. The van der Waals surface area contributed by atoms with Gasteiger partial charge in [0.15, 0.2) is 0 Å². The number of rotatable bonds is 0. The molecule has 0 aromatic rings. The van der Waals surface area contributed by atoms with E-state index in [4.69, 9.17) is 29.1 Å². The Morgan fingerprint density at radius 1 is 0.625 bits per heavy atom. The Balaban J connectivity index is 0.000000487. The van der Waals surface area contributed by atoms with Gasteiger partial charge in [-0.3, -0.25) is 0 Å². The van der Waals surface area contributed by atoms with E-state index in [-0.39, 0.29) is 0 Å². The summed E-state index contributed by atoms with van der Waals surface area (Å²) in [6, 6.07) is 0. The van der Waals surface area contributed by atoms with Crippen molar-refractivity contribution < 1.29 is 13.0 Å². The first-order valence-corrected chi connectivity index (χ1v) is 11.4. The Labute approximate surface area is 117 Å². The van der Waals surface area contributed by atoms with E-state index in [1.165, 1.54) is 39.3 Å². The molecule has 1 saturated heterocycles. The quantitative estimate of drug-likeness (QED) is 0.594. The van der Waals surface area contributed by atoms with Crippen LogP contribution in [0.15, 0.2) is 0 Å². The van der Waals surface area contributed by atoms with Gasteiger partial charge in [-0.2, -0.15) is 0 Å². The molecule has 0 bridgehead atoms. The summed E-state index contributed by atoms with van der Waals surface area (Å²) < 4.78 is 0. The van der Waals surface area contributed by atoms with Crippen molar-refractivity contribution in [1.82, 2.24) is 14.7 Å². The normalized spacial score (nSPS) is 22.5. The maximum absolute atomic E-state index is 4.94. The van der Waals surface area contributed by atoms with Crippen molar-refractivity contribution in [2.45, 2.75) is 0 Å². The van der Waals surface area contributed by atoms with Crippen LogP contribution in [0, 0.1) is 0 Å².